The van der Waals surface area contributed by atoms with E-state index in [4.69, 9.17) is 4.74 Å². The van der Waals surface area contributed by atoms with Crippen LogP contribution >= 0.6 is 0 Å². The minimum absolute atomic E-state index is 0.141. The molecular formula is C18H14O4. The van der Waals surface area contributed by atoms with Gasteiger partial charge in [0.1, 0.15) is 5.75 Å². The largest absolute Gasteiger partial charge is 0.504 e. The minimum atomic E-state index is -0.323. The number of phenolic OH excluding ortho intramolecular Hbond substituents is 2. The highest BCUT2D eigenvalue weighted by molar-refractivity contribution is 5.98. The van der Waals surface area contributed by atoms with Crippen molar-refractivity contribution in [1.82, 2.24) is 0 Å². The fourth-order valence-electron chi connectivity index (χ4n) is 2.25. The summed E-state index contributed by atoms with van der Waals surface area (Å²) in [6.45, 7) is -0.141. The maximum atomic E-state index is 12.1. The zero-order valence-corrected chi connectivity index (χ0v) is 11.7. The molecule has 0 amide bonds. The quantitative estimate of drug-likeness (QED) is 0.571. The molecular weight excluding hydrogens is 280 g/mol. The van der Waals surface area contributed by atoms with E-state index >= 15 is 0 Å². The summed E-state index contributed by atoms with van der Waals surface area (Å²) in [6, 6.07) is 17.4. The van der Waals surface area contributed by atoms with Gasteiger partial charge in [-0.05, 0) is 29.7 Å². The number of carbonyl (C=O) groups excluding carboxylic acids is 1. The van der Waals surface area contributed by atoms with Gasteiger partial charge in [-0.25, -0.2) is 0 Å². The van der Waals surface area contributed by atoms with Crippen LogP contribution in [-0.4, -0.2) is 22.6 Å². The molecule has 0 heterocycles. The molecule has 0 fully saturated rings. The van der Waals surface area contributed by atoms with Crippen LogP contribution in [0.2, 0.25) is 0 Å². The first-order chi connectivity index (χ1) is 10.6. The lowest BCUT2D eigenvalue weighted by Gasteiger charge is -2.09. The van der Waals surface area contributed by atoms with Crippen LogP contribution in [0, 0.1) is 0 Å². The molecule has 4 heteroatoms. The first kappa shape index (κ1) is 13.9. The van der Waals surface area contributed by atoms with Crippen molar-refractivity contribution in [2.24, 2.45) is 0 Å². The summed E-state index contributed by atoms with van der Waals surface area (Å²) in [5.74, 6) is -0.222. The number of hydrogen-bond donors (Lipinski definition) is 2. The van der Waals surface area contributed by atoms with Crippen LogP contribution in [0.5, 0.6) is 17.2 Å². The van der Waals surface area contributed by atoms with Crippen molar-refractivity contribution >= 4 is 16.6 Å². The molecule has 0 saturated heterocycles. The van der Waals surface area contributed by atoms with E-state index in [1.165, 1.54) is 18.2 Å². The lowest BCUT2D eigenvalue weighted by molar-refractivity contribution is 0.0922. The molecule has 3 aromatic rings. The van der Waals surface area contributed by atoms with Gasteiger partial charge >= 0.3 is 0 Å². The molecule has 0 radical (unpaired) electrons. The summed E-state index contributed by atoms with van der Waals surface area (Å²) >= 11 is 0. The van der Waals surface area contributed by atoms with E-state index in [9.17, 15) is 15.0 Å². The predicted octanol–water partition coefficient (Wildman–Crippen LogP) is 3.51. The van der Waals surface area contributed by atoms with Gasteiger partial charge in [-0.15, -0.1) is 0 Å². The Labute approximate surface area is 127 Å². The maximum absolute atomic E-state index is 12.1. The molecule has 0 unspecified atom stereocenters. The highest BCUT2D eigenvalue weighted by atomic mass is 16.5. The number of carbonyl (C=O) groups is 1. The van der Waals surface area contributed by atoms with Crippen molar-refractivity contribution in [3.8, 4) is 17.2 Å². The number of Topliss-reactive ketones (excluding diaryl/α,β-unsaturated/α-hetero) is 1. The molecule has 0 spiro atoms. The first-order valence-corrected chi connectivity index (χ1v) is 6.81. The van der Waals surface area contributed by atoms with Crippen LogP contribution < -0.4 is 4.74 Å². The zero-order valence-electron chi connectivity index (χ0n) is 11.7. The fourth-order valence-corrected chi connectivity index (χ4v) is 2.25. The van der Waals surface area contributed by atoms with Crippen LogP contribution in [0.3, 0.4) is 0 Å². The number of phenols is 2. The fraction of sp³-hybridized carbons (Fsp3) is 0.0556. The van der Waals surface area contributed by atoms with Gasteiger partial charge < -0.3 is 14.9 Å². The lowest BCUT2D eigenvalue weighted by atomic mass is 10.1. The molecule has 3 rings (SSSR count). The van der Waals surface area contributed by atoms with Crippen LogP contribution in [-0.2, 0) is 0 Å². The van der Waals surface area contributed by atoms with Gasteiger partial charge in [0, 0.05) is 10.9 Å². The first-order valence-electron chi connectivity index (χ1n) is 6.81. The van der Waals surface area contributed by atoms with E-state index in [1.54, 1.807) is 0 Å². The highest BCUT2D eigenvalue weighted by Gasteiger charge is 2.10. The molecule has 0 aliphatic rings. The third kappa shape index (κ3) is 2.72. The molecule has 4 nitrogen and oxygen atoms in total. The second-order valence-corrected chi connectivity index (χ2v) is 4.89. The summed E-state index contributed by atoms with van der Waals surface area (Å²) < 4.78 is 5.61. The molecule has 0 aliphatic heterocycles. The highest BCUT2D eigenvalue weighted by Crippen LogP contribution is 2.27. The minimum Gasteiger partial charge on any atom is -0.504 e. The molecule has 3 aromatic carbocycles. The zero-order chi connectivity index (χ0) is 15.5. The normalized spacial score (nSPS) is 10.5. The van der Waals surface area contributed by atoms with E-state index in [1.807, 2.05) is 42.5 Å². The van der Waals surface area contributed by atoms with Gasteiger partial charge in [-0.3, -0.25) is 4.79 Å². The average Bonchev–Trinajstić information content (AvgIpc) is 2.55. The molecule has 0 atom stereocenters. The molecule has 22 heavy (non-hydrogen) atoms. The second kappa shape index (κ2) is 5.77. The summed E-state index contributed by atoms with van der Waals surface area (Å²) in [4.78, 5) is 12.1. The smallest absolute Gasteiger partial charge is 0.200 e. The Morgan fingerprint density at radius 3 is 2.50 bits per heavy atom. The topological polar surface area (TPSA) is 66.8 Å². The van der Waals surface area contributed by atoms with Crippen molar-refractivity contribution in [1.29, 1.82) is 0 Å². The number of ether oxygens (including phenoxy) is 1. The van der Waals surface area contributed by atoms with E-state index < -0.39 is 0 Å². The van der Waals surface area contributed by atoms with Gasteiger partial charge in [0.2, 0.25) is 0 Å². The van der Waals surface area contributed by atoms with E-state index in [0.717, 1.165) is 10.8 Å². The Balaban J connectivity index is 1.79. The van der Waals surface area contributed by atoms with E-state index in [2.05, 4.69) is 0 Å². The maximum Gasteiger partial charge on any atom is 0.200 e. The molecule has 110 valence electrons. The Morgan fingerprint density at radius 1 is 0.909 bits per heavy atom. The van der Waals surface area contributed by atoms with Gasteiger partial charge in [0.15, 0.2) is 23.9 Å². The Kier molecular flexibility index (Phi) is 3.66. The number of fused-ring (bicyclic) bond motifs is 1. The van der Waals surface area contributed by atoms with Gasteiger partial charge in [0.25, 0.3) is 0 Å². The Hall–Kier alpha value is -3.01. The van der Waals surface area contributed by atoms with E-state index in [-0.39, 0.29) is 29.5 Å². The summed E-state index contributed by atoms with van der Waals surface area (Å²) in [6.07, 6.45) is 0. The van der Waals surface area contributed by atoms with Crippen LogP contribution in [0.4, 0.5) is 0 Å². The van der Waals surface area contributed by atoms with Gasteiger partial charge in [-0.2, -0.15) is 0 Å². The summed E-state index contributed by atoms with van der Waals surface area (Å²) in [7, 11) is 0. The monoisotopic (exact) mass is 294 g/mol. The van der Waals surface area contributed by atoms with Crippen molar-refractivity contribution in [3.05, 3.63) is 66.2 Å². The Bertz CT molecular complexity index is 834. The number of hydrogen-bond acceptors (Lipinski definition) is 4. The van der Waals surface area contributed by atoms with Crippen LogP contribution in [0.25, 0.3) is 10.8 Å². The van der Waals surface area contributed by atoms with Crippen molar-refractivity contribution in [3.63, 3.8) is 0 Å². The van der Waals surface area contributed by atoms with Gasteiger partial charge in [0.05, 0.1) is 0 Å². The van der Waals surface area contributed by atoms with Crippen LogP contribution in [0.1, 0.15) is 10.4 Å². The Morgan fingerprint density at radius 2 is 1.68 bits per heavy atom. The molecule has 0 aliphatic carbocycles. The third-order valence-electron chi connectivity index (χ3n) is 3.41. The number of rotatable bonds is 4. The third-order valence-corrected chi connectivity index (χ3v) is 3.41. The summed E-state index contributed by atoms with van der Waals surface area (Å²) in [5, 5.41) is 20.7. The molecule has 2 N–H and O–H groups in total. The molecule has 0 aromatic heterocycles. The van der Waals surface area contributed by atoms with Crippen molar-refractivity contribution in [2.45, 2.75) is 0 Å². The van der Waals surface area contributed by atoms with Gasteiger partial charge in [-0.1, -0.05) is 36.4 Å². The molecule has 0 saturated carbocycles. The SMILES string of the molecule is O=C(COc1cccc2ccccc12)c1ccc(O)c(O)c1. The predicted molar refractivity (Wildman–Crippen MR) is 83.5 cm³/mol. The molecule has 0 bridgehead atoms. The average molecular weight is 294 g/mol. The van der Waals surface area contributed by atoms with Crippen molar-refractivity contribution < 1.29 is 19.7 Å². The van der Waals surface area contributed by atoms with Crippen LogP contribution in [0.15, 0.2) is 60.7 Å². The number of ketones is 1. The summed E-state index contributed by atoms with van der Waals surface area (Å²) in [5.41, 5.74) is 0.288. The van der Waals surface area contributed by atoms with E-state index in [0.29, 0.717) is 5.75 Å². The van der Waals surface area contributed by atoms with Crippen molar-refractivity contribution in [2.75, 3.05) is 6.61 Å². The standard InChI is InChI=1S/C18H14O4/c19-15-9-8-13(10-16(15)20)17(21)11-22-18-7-3-5-12-4-1-2-6-14(12)18/h1-10,19-20H,11H2. The number of aromatic hydroxyl groups is 2. The second-order valence-electron chi connectivity index (χ2n) is 4.89. The number of benzene rings is 3. The lowest BCUT2D eigenvalue weighted by Crippen LogP contribution is -2.11.